The van der Waals surface area contributed by atoms with Gasteiger partial charge in [0.1, 0.15) is 16.5 Å². The number of rotatable bonds is 1. The van der Waals surface area contributed by atoms with Gasteiger partial charge in [0.05, 0.1) is 6.07 Å². The Bertz CT molecular complexity index is 350. The first kappa shape index (κ1) is 12.1. The number of nitriles is 1. The van der Waals surface area contributed by atoms with Crippen molar-refractivity contribution in [1.82, 2.24) is 4.23 Å². The smallest absolute Gasteiger partial charge is 0.115 e. The van der Waals surface area contributed by atoms with Gasteiger partial charge in [-0.2, -0.15) is 5.26 Å². The molecule has 1 aliphatic carbocycles. The van der Waals surface area contributed by atoms with E-state index in [0.717, 1.165) is 18.4 Å². The van der Waals surface area contributed by atoms with Crippen molar-refractivity contribution in [2.75, 3.05) is 0 Å². The van der Waals surface area contributed by atoms with Gasteiger partial charge in [-0.1, -0.05) is 32.3 Å². The molecule has 1 aliphatic heterocycles. The van der Waals surface area contributed by atoms with Crippen LogP contribution >= 0.6 is 0 Å². The van der Waals surface area contributed by atoms with Gasteiger partial charge in [0, 0.05) is 11.6 Å². The molecule has 1 heterocycles. The highest BCUT2D eigenvalue weighted by molar-refractivity contribution is 6.95. The van der Waals surface area contributed by atoms with E-state index < -0.39 is 16.5 Å². The summed E-state index contributed by atoms with van der Waals surface area (Å²) in [6.45, 7) is 10.1. The summed E-state index contributed by atoms with van der Waals surface area (Å²) in [5.41, 5.74) is 1.02. The van der Waals surface area contributed by atoms with Crippen LogP contribution in [0.1, 0.15) is 12.8 Å². The molecule has 1 atom stereocenters. The molecule has 0 spiro atoms. The molecule has 1 fully saturated rings. The topological polar surface area (TPSA) is 27.0 Å². The number of hydrogen-bond donors (Lipinski definition) is 0. The minimum absolute atomic E-state index is 0.667. The number of nitrogens with zero attached hydrogens (tertiary/aromatic N) is 2. The molecule has 16 heavy (non-hydrogen) atoms. The molecule has 0 bridgehead atoms. The van der Waals surface area contributed by atoms with Crippen molar-refractivity contribution >= 4 is 16.5 Å². The van der Waals surface area contributed by atoms with Crippen molar-refractivity contribution in [3.05, 3.63) is 11.6 Å². The van der Waals surface area contributed by atoms with Crippen LogP contribution < -0.4 is 0 Å². The van der Waals surface area contributed by atoms with E-state index in [0.29, 0.717) is 6.04 Å². The van der Waals surface area contributed by atoms with Crippen LogP contribution in [0.2, 0.25) is 38.3 Å². The van der Waals surface area contributed by atoms with Gasteiger partial charge in [0.25, 0.3) is 0 Å². The lowest BCUT2D eigenvalue weighted by Crippen LogP contribution is -2.59. The summed E-state index contributed by atoms with van der Waals surface area (Å²) < 4.78 is 2.93. The van der Waals surface area contributed by atoms with E-state index >= 15 is 0 Å². The Balaban J connectivity index is 2.18. The van der Waals surface area contributed by atoms with E-state index in [1.165, 1.54) is 12.1 Å². The molecule has 1 unspecified atom stereocenters. The second kappa shape index (κ2) is 3.83. The van der Waals surface area contributed by atoms with E-state index in [1.807, 2.05) is 0 Å². The van der Waals surface area contributed by atoms with Gasteiger partial charge in [0.2, 0.25) is 0 Å². The highest BCUT2D eigenvalue weighted by Crippen LogP contribution is 2.41. The van der Waals surface area contributed by atoms with Crippen LogP contribution in [0, 0.1) is 11.3 Å². The minimum Gasteiger partial charge on any atom is -0.342 e. The zero-order chi connectivity index (χ0) is 12.0. The van der Waals surface area contributed by atoms with E-state index in [-0.39, 0.29) is 0 Å². The van der Waals surface area contributed by atoms with Crippen molar-refractivity contribution in [3.8, 4) is 6.07 Å². The third-order valence-electron chi connectivity index (χ3n) is 4.25. The highest BCUT2D eigenvalue weighted by atomic mass is 28.4. The van der Waals surface area contributed by atoms with E-state index in [9.17, 15) is 0 Å². The molecular formula is C12H22N2Si2. The second-order valence-electron chi connectivity index (χ2n) is 6.43. The maximum atomic E-state index is 8.97. The van der Waals surface area contributed by atoms with Gasteiger partial charge < -0.3 is 4.23 Å². The van der Waals surface area contributed by atoms with Crippen molar-refractivity contribution < 1.29 is 0 Å². The largest absolute Gasteiger partial charge is 0.342 e. The van der Waals surface area contributed by atoms with Crippen LogP contribution in [-0.2, 0) is 0 Å². The monoisotopic (exact) mass is 250 g/mol. The molecule has 0 amide bonds. The van der Waals surface area contributed by atoms with Gasteiger partial charge in [-0.05, 0) is 24.9 Å². The van der Waals surface area contributed by atoms with Crippen LogP contribution in [0.15, 0.2) is 11.6 Å². The van der Waals surface area contributed by atoms with Gasteiger partial charge in [-0.3, -0.25) is 0 Å². The Morgan fingerprint density at radius 3 is 2.25 bits per heavy atom. The van der Waals surface area contributed by atoms with E-state index in [2.05, 4.69) is 42.6 Å². The Kier molecular flexibility index (Phi) is 2.89. The van der Waals surface area contributed by atoms with Gasteiger partial charge in [0.15, 0.2) is 0 Å². The molecule has 0 aromatic rings. The Morgan fingerprint density at radius 1 is 1.25 bits per heavy atom. The fourth-order valence-corrected chi connectivity index (χ4v) is 18.6. The van der Waals surface area contributed by atoms with E-state index in [1.54, 1.807) is 0 Å². The van der Waals surface area contributed by atoms with Crippen molar-refractivity contribution in [3.63, 3.8) is 0 Å². The second-order valence-corrected chi connectivity index (χ2v) is 16.1. The van der Waals surface area contributed by atoms with Crippen LogP contribution in [0.4, 0.5) is 0 Å². The minimum atomic E-state index is -1.16. The zero-order valence-electron chi connectivity index (χ0n) is 10.9. The molecule has 0 aromatic heterocycles. The van der Waals surface area contributed by atoms with Crippen LogP contribution in [0.5, 0.6) is 0 Å². The molecule has 0 aromatic carbocycles. The SMILES string of the molecule is C[Si]1(C)CC[Si](C)(C)N1C1CC=C(C#N)C1. The zero-order valence-corrected chi connectivity index (χ0v) is 12.9. The van der Waals surface area contributed by atoms with Crippen molar-refractivity contribution in [2.45, 2.75) is 57.2 Å². The molecule has 0 N–H and O–H groups in total. The van der Waals surface area contributed by atoms with Gasteiger partial charge in [-0.25, -0.2) is 0 Å². The fraction of sp³-hybridized carbons (Fsp3) is 0.750. The summed E-state index contributed by atoms with van der Waals surface area (Å²) in [6, 6.07) is 5.93. The molecule has 1 saturated heterocycles. The maximum Gasteiger partial charge on any atom is 0.115 e. The van der Waals surface area contributed by atoms with E-state index in [4.69, 9.17) is 5.26 Å². The quantitative estimate of drug-likeness (QED) is 0.668. The Labute approximate surface area is 101 Å². The molecule has 4 heteroatoms. The first-order valence-corrected chi connectivity index (χ1v) is 12.6. The third kappa shape index (κ3) is 1.92. The molecule has 0 radical (unpaired) electrons. The van der Waals surface area contributed by atoms with Crippen LogP contribution in [0.25, 0.3) is 0 Å². The lowest BCUT2D eigenvalue weighted by molar-refractivity contribution is 0.466. The van der Waals surface area contributed by atoms with Gasteiger partial charge in [-0.15, -0.1) is 0 Å². The lowest BCUT2D eigenvalue weighted by Gasteiger charge is -2.43. The van der Waals surface area contributed by atoms with Crippen molar-refractivity contribution in [1.29, 1.82) is 5.26 Å². The summed E-state index contributed by atoms with van der Waals surface area (Å²) in [5, 5.41) is 8.97. The predicted octanol–water partition coefficient (Wildman–Crippen LogP) is 3.32. The molecule has 2 nitrogen and oxygen atoms in total. The maximum absolute atomic E-state index is 8.97. The summed E-state index contributed by atoms with van der Waals surface area (Å²) in [4.78, 5) is 0. The Morgan fingerprint density at radius 2 is 1.81 bits per heavy atom. The average molecular weight is 250 g/mol. The molecule has 2 aliphatic rings. The normalized spacial score (nSPS) is 32.4. The summed E-state index contributed by atoms with van der Waals surface area (Å²) >= 11 is 0. The fourth-order valence-electron chi connectivity index (χ4n) is 3.65. The van der Waals surface area contributed by atoms with Crippen LogP contribution in [-0.4, -0.2) is 26.7 Å². The van der Waals surface area contributed by atoms with Crippen molar-refractivity contribution in [2.24, 2.45) is 0 Å². The molecule has 2 rings (SSSR count). The Hall–Kier alpha value is -0.376. The summed E-state index contributed by atoms with van der Waals surface area (Å²) in [7, 11) is -2.32. The highest BCUT2D eigenvalue weighted by Gasteiger charge is 2.50. The van der Waals surface area contributed by atoms with Gasteiger partial charge >= 0.3 is 0 Å². The standard InChI is InChI=1S/C12H22N2Si2/c1-15(2)7-8-16(3,4)14(15)12-6-5-11(9-12)10-13/h5,12H,6-9H2,1-4H3. The molecular weight excluding hydrogens is 228 g/mol. The summed E-state index contributed by atoms with van der Waals surface area (Å²) in [5.74, 6) is 0. The predicted molar refractivity (Wildman–Crippen MR) is 73.1 cm³/mol. The average Bonchev–Trinajstić information content (AvgIpc) is 2.69. The first-order valence-electron chi connectivity index (χ1n) is 6.25. The lowest BCUT2D eigenvalue weighted by atomic mass is 10.2. The van der Waals surface area contributed by atoms with Crippen LogP contribution in [0.3, 0.4) is 0 Å². The number of hydrogen-bond acceptors (Lipinski definition) is 2. The summed E-state index contributed by atoms with van der Waals surface area (Å²) in [6.07, 6.45) is 4.30. The molecule has 0 saturated carbocycles. The first-order chi connectivity index (χ1) is 7.37. The third-order valence-corrected chi connectivity index (χ3v) is 14.7. The molecule has 88 valence electrons.